The predicted octanol–water partition coefficient (Wildman–Crippen LogP) is 17.5. The smallest absolute Gasteiger partial charge is 0.456 e. The van der Waals surface area contributed by atoms with E-state index in [-0.39, 0.29) is 5.92 Å². The first-order chi connectivity index (χ1) is 55.0. The van der Waals surface area contributed by atoms with Gasteiger partial charge in [-0.15, -0.1) is 0 Å². The van der Waals surface area contributed by atoms with Gasteiger partial charge in [-0.1, -0.05) is 55.4 Å². The monoisotopic (exact) mass is 1900 g/mol. The lowest BCUT2D eigenvalue weighted by Crippen LogP contribution is -2.46. The number of esters is 12. The van der Waals surface area contributed by atoms with Crippen molar-refractivity contribution in [1.29, 1.82) is 0 Å². The van der Waals surface area contributed by atoms with Crippen LogP contribution in [0.5, 0.6) is 0 Å². The number of alkyl halides is 33. The van der Waals surface area contributed by atoms with Crippen LogP contribution >= 0.6 is 0 Å². The van der Waals surface area contributed by atoms with Gasteiger partial charge in [0.1, 0.15) is 19.8 Å². The van der Waals surface area contributed by atoms with Crippen LogP contribution in [-0.2, 0) is 114 Å². The van der Waals surface area contributed by atoms with Crippen molar-refractivity contribution in [2.75, 3.05) is 59.5 Å². The molecule has 0 fully saturated rings. The number of rotatable bonds is 36. The Kier molecular flexibility index (Phi) is 52.7. The first-order valence-corrected chi connectivity index (χ1v) is 34.8. The standard InChI is InChI=1S/C12H16F6O4.C12H17F5O4.C11H14F6O4.2C11H15F5O4.C10H12F6O4/c1-4-10(2,3)9(20)21-6-5-7(19)22-8(11(13,14)15)12(16,17)18;1-4-10(2,3)9(19)20-6-5-8(18)21-7-11(13,14)12(15,16)17;1-4-9(2,3)8(19)20-5-6(18)21-7(10(12,13)14)11(15,16)17;1-4-9(2,3)8(18)19-5-7(17)20-6-10(12,13)11(14,15)16;1-3-7(2)9(18)19-5-4-8(17)20-6-10(12,13)11(14,15)16;1-3-5(2)7(18)19-4-6(17)20-8(9(11,12)13)10(14,15)16/h8H,4-6H2,1-3H3;4-7H2,1-3H3;7H,4-5H2,1-3H3;4-6H2,1-3H3;7H,3-6H2,1-2H3;5,8H,3-4H2,1-2H3. The number of carbonyl (C=O) groups is 12. The molecule has 0 heterocycles. The summed E-state index contributed by atoms with van der Waals surface area (Å²) >= 11 is 0. The van der Waals surface area contributed by atoms with Crippen molar-refractivity contribution < 1.29 is 259 Å². The molecule has 0 radical (unpaired) electrons. The highest BCUT2D eigenvalue weighted by Gasteiger charge is 2.64. The Balaban J connectivity index is -0.000000337. The minimum atomic E-state index is -5.81. The Labute approximate surface area is 683 Å². The molecule has 0 aliphatic rings. The molecule has 0 saturated heterocycles. The summed E-state index contributed by atoms with van der Waals surface area (Å²) in [5.74, 6) is -30.6. The second-order valence-corrected chi connectivity index (χ2v) is 27.5. The molecule has 0 N–H and O–H groups in total. The summed E-state index contributed by atoms with van der Waals surface area (Å²) in [7, 11) is 0. The van der Waals surface area contributed by atoms with E-state index in [0.29, 0.717) is 38.5 Å². The summed E-state index contributed by atoms with van der Waals surface area (Å²) in [5, 5.41) is 0. The maximum absolute atomic E-state index is 12.5. The average molecular weight is 1910 g/mol. The van der Waals surface area contributed by atoms with E-state index in [2.05, 4.69) is 52.1 Å². The van der Waals surface area contributed by atoms with E-state index in [4.69, 9.17) is 4.74 Å². The summed E-state index contributed by atoms with van der Waals surface area (Å²) in [5.41, 5.74) is -3.55. The van der Waals surface area contributed by atoms with Crippen LogP contribution in [0.25, 0.3) is 0 Å². The molecule has 0 aliphatic carbocycles. The largest absolute Gasteiger partial charge is 0.465 e. The molecule has 0 aromatic rings. The van der Waals surface area contributed by atoms with E-state index in [1.807, 2.05) is 0 Å². The van der Waals surface area contributed by atoms with Gasteiger partial charge in [0, 0.05) is 0 Å². The molecule has 2 unspecified atom stereocenters. The molecule has 0 aliphatic heterocycles. The summed E-state index contributed by atoms with van der Waals surface area (Å²) in [6.45, 7) is 13.8. The summed E-state index contributed by atoms with van der Waals surface area (Å²) in [4.78, 5) is 134. The van der Waals surface area contributed by atoms with Gasteiger partial charge in [-0.05, 0) is 93.9 Å². The minimum absolute atomic E-state index is 0.300. The van der Waals surface area contributed by atoms with Crippen LogP contribution in [0.1, 0.15) is 169 Å². The highest BCUT2D eigenvalue weighted by molar-refractivity contribution is 5.81. The lowest BCUT2D eigenvalue weighted by atomic mass is 9.91. The van der Waals surface area contributed by atoms with Gasteiger partial charge in [0.15, 0.2) is 39.6 Å². The van der Waals surface area contributed by atoms with Crippen LogP contribution in [0.3, 0.4) is 0 Å². The molecule has 0 saturated carbocycles. The zero-order chi connectivity index (χ0) is 100. The molecule has 0 rings (SSSR count). The fourth-order valence-corrected chi connectivity index (χ4v) is 5.47. The Morgan fingerprint density at radius 1 is 0.242 bits per heavy atom. The van der Waals surface area contributed by atoms with Gasteiger partial charge in [0.25, 0.3) is 18.3 Å². The van der Waals surface area contributed by atoms with Crippen LogP contribution in [0.4, 0.5) is 145 Å². The van der Waals surface area contributed by atoms with Crippen molar-refractivity contribution in [3.05, 3.63) is 0 Å². The zero-order valence-electron chi connectivity index (χ0n) is 67.9. The lowest BCUT2D eigenvalue weighted by molar-refractivity contribution is -0.314. The maximum atomic E-state index is 12.5. The van der Waals surface area contributed by atoms with Gasteiger partial charge in [-0.2, -0.15) is 145 Å². The Morgan fingerprint density at radius 2 is 0.435 bits per heavy atom. The summed E-state index contributed by atoms with van der Waals surface area (Å²) in [6.07, 6.45) is -64.5. The number of halogens is 33. The van der Waals surface area contributed by atoms with Gasteiger partial charge in [-0.25, -0.2) is 14.4 Å². The van der Waals surface area contributed by atoms with Crippen LogP contribution in [0.15, 0.2) is 0 Å². The fraction of sp³-hybridized carbons (Fsp3) is 0.821. The molecule has 0 aromatic carbocycles. The predicted molar refractivity (Wildman–Crippen MR) is 347 cm³/mol. The average Bonchev–Trinajstić information content (AvgIpc) is 0.844. The zero-order valence-corrected chi connectivity index (χ0v) is 67.9. The van der Waals surface area contributed by atoms with Crippen molar-refractivity contribution in [3.8, 4) is 0 Å². The lowest BCUT2D eigenvalue weighted by Gasteiger charge is -2.23. The molecular weight excluding hydrogens is 1820 g/mol. The van der Waals surface area contributed by atoms with Crippen LogP contribution in [0.2, 0.25) is 0 Å². The highest BCUT2D eigenvalue weighted by Crippen LogP contribution is 2.41. The first kappa shape index (κ1) is 126. The number of hydrogen-bond acceptors (Lipinski definition) is 24. The van der Waals surface area contributed by atoms with E-state index in [1.165, 1.54) is 48.5 Å². The van der Waals surface area contributed by atoms with Crippen molar-refractivity contribution in [2.45, 2.75) is 260 Å². The van der Waals surface area contributed by atoms with Gasteiger partial charge in [0.05, 0.1) is 52.8 Å². The second kappa shape index (κ2) is 51.8. The SMILES string of the molecule is CCC(C)(C)C(=O)OCC(=O)OC(C(F)(F)F)C(F)(F)F.CCC(C)(C)C(=O)OCC(=O)OCC(F)(F)C(F)(F)F.CCC(C)(C)C(=O)OCCC(=O)OC(C(F)(F)F)C(F)(F)F.CCC(C)(C)C(=O)OCCC(=O)OCC(F)(F)C(F)(F)F.CCC(C)C(=O)OCC(=O)OC(C(F)(F)F)C(F)(F)F.CCC(C)C(=O)OCCC(=O)OCC(F)(F)C(F)(F)F. The number of hydrogen-bond donors (Lipinski definition) is 0. The third-order valence-corrected chi connectivity index (χ3v) is 15.4. The normalized spacial score (nSPS) is 13.4. The first-order valence-electron chi connectivity index (χ1n) is 34.8. The molecule has 0 amide bonds. The van der Waals surface area contributed by atoms with Crippen LogP contribution < -0.4 is 0 Å². The Morgan fingerprint density at radius 3 is 0.661 bits per heavy atom. The van der Waals surface area contributed by atoms with Gasteiger partial charge in [0.2, 0.25) is 0 Å². The van der Waals surface area contributed by atoms with Crippen molar-refractivity contribution >= 4 is 71.6 Å². The molecule has 124 heavy (non-hydrogen) atoms. The van der Waals surface area contributed by atoms with Gasteiger partial charge >= 0.3 is 145 Å². The Bertz CT molecular complexity index is 3270. The van der Waals surface area contributed by atoms with E-state index in [9.17, 15) is 202 Å². The summed E-state index contributed by atoms with van der Waals surface area (Å²) in [6, 6.07) is 0. The molecular formula is C67H89F33O24. The highest BCUT2D eigenvalue weighted by atomic mass is 19.5. The second-order valence-electron chi connectivity index (χ2n) is 27.5. The van der Waals surface area contributed by atoms with Gasteiger partial charge in [-0.3, -0.25) is 43.2 Å². The third-order valence-electron chi connectivity index (χ3n) is 15.4. The number of carbonyl (C=O) groups excluding carboxylic acids is 12. The molecule has 2 atom stereocenters. The molecule has 0 bridgehead atoms. The molecule has 0 aromatic heterocycles. The van der Waals surface area contributed by atoms with Crippen LogP contribution in [0, 0.1) is 33.5 Å². The quantitative estimate of drug-likeness (QED) is 0.0319. The van der Waals surface area contributed by atoms with E-state index in [1.54, 1.807) is 62.3 Å². The fourth-order valence-electron chi connectivity index (χ4n) is 5.47. The van der Waals surface area contributed by atoms with Crippen molar-refractivity contribution in [2.24, 2.45) is 33.5 Å². The summed E-state index contributed by atoms with van der Waals surface area (Å²) < 4.78 is 447. The van der Waals surface area contributed by atoms with Gasteiger partial charge < -0.3 is 56.8 Å². The molecule has 57 heteroatoms. The number of ether oxygens (including phenoxy) is 12. The minimum Gasteiger partial charge on any atom is -0.465 e. The topological polar surface area (TPSA) is 316 Å². The van der Waals surface area contributed by atoms with Crippen molar-refractivity contribution in [1.82, 2.24) is 0 Å². The van der Waals surface area contributed by atoms with E-state index in [0.717, 1.165) is 0 Å². The Hall–Kier alpha value is -8.67. The van der Waals surface area contributed by atoms with E-state index >= 15 is 0 Å². The third kappa shape index (κ3) is 52.3. The molecule has 732 valence electrons. The van der Waals surface area contributed by atoms with Crippen LogP contribution in [-0.4, -0.2) is 223 Å². The maximum Gasteiger partial charge on any atom is 0.456 e. The van der Waals surface area contributed by atoms with Crippen molar-refractivity contribution in [3.63, 3.8) is 0 Å². The van der Waals surface area contributed by atoms with E-state index < -0.39 is 270 Å². The molecule has 24 nitrogen and oxygen atoms in total. The molecule has 0 spiro atoms.